The standard InChI is InChI=1S/C17H24FNO3Si/c1-10-16(11(17(20)21)6-7-23(3,4)5)12-8-15(22-2)13(18)9-14(12)19-10/h8-9,11,19H,6-7H2,1-5H3,(H,20,21). The number of aryl methyl sites for hydroxylation is 1. The van der Waals surface area contributed by atoms with Crippen LogP contribution in [0.5, 0.6) is 5.75 Å². The molecule has 0 saturated carbocycles. The summed E-state index contributed by atoms with van der Waals surface area (Å²) in [6.45, 7) is 8.52. The number of aliphatic carboxylic acids is 1. The highest BCUT2D eigenvalue weighted by Crippen LogP contribution is 2.36. The molecular formula is C17H24FNO3Si. The number of hydrogen-bond donors (Lipinski definition) is 2. The van der Waals surface area contributed by atoms with Gasteiger partial charge in [0, 0.05) is 30.7 Å². The number of benzene rings is 1. The summed E-state index contributed by atoms with van der Waals surface area (Å²) in [5, 5.41) is 10.4. The maximum absolute atomic E-state index is 13.9. The normalized spacial score (nSPS) is 13.3. The number of H-pyrrole nitrogens is 1. The maximum Gasteiger partial charge on any atom is 0.311 e. The van der Waals surface area contributed by atoms with Gasteiger partial charge in [-0.05, 0) is 25.0 Å². The Kier molecular flexibility index (Phi) is 4.84. The number of methoxy groups -OCH3 is 1. The second-order valence-electron chi connectivity index (χ2n) is 7.19. The molecule has 23 heavy (non-hydrogen) atoms. The lowest BCUT2D eigenvalue weighted by atomic mass is 9.93. The van der Waals surface area contributed by atoms with E-state index in [0.29, 0.717) is 11.9 Å². The molecule has 1 heterocycles. The summed E-state index contributed by atoms with van der Waals surface area (Å²) < 4.78 is 18.9. The maximum atomic E-state index is 13.9. The topological polar surface area (TPSA) is 62.3 Å². The summed E-state index contributed by atoms with van der Waals surface area (Å²) >= 11 is 0. The van der Waals surface area contributed by atoms with Crippen molar-refractivity contribution < 1.29 is 19.0 Å². The summed E-state index contributed by atoms with van der Waals surface area (Å²) in [7, 11) is 0.0579. The Labute approximate surface area is 136 Å². The third-order valence-electron chi connectivity index (χ3n) is 4.14. The van der Waals surface area contributed by atoms with E-state index in [-0.39, 0.29) is 5.75 Å². The molecule has 2 rings (SSSR count). The molecule has 0 spiro atoms. The Bertz CT molecular complexity index is 733. The first-order valence-electron chi connectivity index (χ1n) is 7.72. The molecule has 0 fully saturated rings. The number of hydrogen-bond acceptors (Lipinski definition) is 2. The molecule has 2 N–H and O–H groups in total. The number of carboxylic acids is 1. The fourth-order valence-corrected chi connectivity index (χ4v) is 4.08. The van der Waals surface area contributed by atoms with Crippen LogP contribution in [-0.2, 0) is 4.79 Å². The van der Waals surface area contributed by atoms with Gasteiger partial charge in [0.05, 0.1) is 13.0 Å². The molecule has 4 nitrogen and oxygen atoms in total. The minimum Gasteiger partial charge on any atom is -0.494 e. The molecular weight excluding hydrogens is 313 g/mol. The van der Waals surface area contributed by atoms with Gasteiger partial charge in [-0.1, -0.05) is 25.7 Å². The number of carbonyl (C=O) groups is 1. The molecule has 1 unspecified atom stereocenters. The Morgan fingerprint density at radius 1 is 1.39 bits per heavy atom. The lowest BCUT2D eigenvalue weighted by Crippen LogP contribution is -2.22. The molecule has 0 aliphatic rings. The first-order chi connectivity index (χ1) is 10.6. The minimum atomic E-state index is -1.35. The van der Waals surface area contributed by atoms with E-state index in [0.717, 1.165) is 22.7 Å². The molecule has 6 heteroatoms. The van der Waals surface area contributed by atoms with Crippen LogP contribution in [0.25, 0.3) is 10.9 Å². The highest BCUT2D eigenvalue weighted by Gasteiger charge is 2.28. The van der Waals surface area contributed by atoms with Crippen molar-refractivity contribution in [1.29, 1.82) is 0 Å². The molecule has 1 atom stereocenters. The van der Waals surface area contributed by atoms with Crippen molar-refractivity contribution in [3.05, 3.63) is 29.2 Å². The summed E-state index contributed by atoms with van der Waals surface area (Å²) in [6.07, 6.45) is 0.596. The minimum absolute atomic E-state index is 0.132. The predicted molar refractivity (Wildman–Crippen MR) is 92.7 cm³/mol. The van der Waals surface area contributed by atoms with E-state index in [1.54, 1.807) is 6.07 Å². The van der Waals surface area contributed by atoms with E-state index in [9.17, 15) is 14.3 Å². The molecule has 1 aromatic heterocycles. The molecule has 1 aromatic carbocycles. The molecule has 126 valence electrons. The number of carboxylic acid groups (broad SMARTS) is 1. The Balaban J connectivity index is 2.54. The fourth-order valence-electron chi connectivity index (χ4n) is 2.93. The number of nitrogens with one attached hydrogen (secondary N) is 1. The number of aromatic amines is 1. The van der Waals surface area contributed by atoms with Crippen molar-refractivity contribution in [3.63, 3.8) is 0 Å². The SMILES string of the molecule is COc1cc2c(C(CC[Si](C)(C)C)C(=O)O)c(C)[nH]c2cc1F. The largest absolute Gasteiger partial charge is 0.494 e. The lowest BCUT2D eigenvalue weighted by Gasteiger charge is -2.20. The van der Waals surface area contributed by atoms with Crippen LogP contribution in [0, 0.1) is 12.7 Å². The molecule has 0 aliphatic heterocycles. The van der Waals surface area contributed by atoms with Gasteiger partial charge in [0.15, 0.2) is 11.6 Å². The van der Waals surface area contributed by atoms with Gasteiger partial charge in [-0.25, -0.2) is 4.39 Å². The van der Waals surface area contributed by atoms with Gasteiger partial charge in [0.1, 0.15) is 0 Å². The highest BCUT2D eigenvalue weighted by atomic mass is 28.3. The van der Waals surface area contributed by atoms with Crippen molar-refractivity contribution in [1.82, 2.24) is 4.98 Å². The zero-order valence-corrected chi connectivity index (χ0v) is 15.3. The van der Waals surface area contributed by atoms with Gasteiger partial charge in [0.2, 0.25) is 0 Å². The number of rotatable bonds is 6. The Hall–Kier alpha value is -1.82. The molecule has 0 bridgehead atoms. The van der Waals surface area contributed by atoms with Crippen LogP contribution in [0.4, 0.5) is 4.39 Å². The van der Waals surface area contributed by atoms with E-state index in [2.05, 4.69) is 24.6 Å². The van der Waals surface area contributed by atoms with E-state index >= 15 is 0 Å². The lowest BCUT2D eigenvalue weighted by molar-refractivity contribution is -0.138. The fraction of sp³-hybridized carbons (Fsp3) is 0.471. The number of halogens is 1. The number of fused-ring (bicyclic) bond motifs is 1. The predicted octanol–water partition coefficient (Wildman–Crippen LogP) is 4.52. The highest BCUT2D eigenvalue weighted by molar-refractivity contribution is 6.76. The first-order valence-corrected chi connectivity index (χ1v) is 11.4. The van der Waals surface area contributed by atoms with Gasteiger partial charge >= 0.3 is 5.97 Å². The second-order valence-corrected chi connectivity index (χ2v) is 12.8. The average molecular weight is 337 g/mol. The van der Waals surface area contributed by atoms with Crippen molar-refractivity contribution >= 4 is 24.9 Å². The number of aromatic nitrogens is 1. The van der Waals surface area contributed by atoms with E-state index in [1.165, 1.54) is 13.2 Å². The summed E-state index contributed by atoms with van der Waals surface area (Å²) in [4.78, 5) is 14.9. The molecule has 0 amide bonds. The third-order valence-corrected chi connectivity index (χ3v) is 5.93. The van der Waals surface area contributed by atoms with Crippen molar-refractivity contribution in [2.24, 2.45) is 0 Å². The Morgan fingerprint density at radius 3 is 2.57 bits per heavy atom. The van der Waals surface area contributed by atoms with Crippen LogP contribution in [0.1, 0.15) is 23.6 Å². The average Bonchev–Trinajstić information content (AvgIpc) is 2.72. The quantitative estimate of drug-likeness (QED) is 0.762. The van der Waals surface area contributed by atoms with Crippen molar-refractivity contribution in [2.45, 2.75) is 44.9 Å². The molecule has 0 saturated heterocycles. The van der Waals surface area contributed by atoms with Gasteiger partial charge in [0.25, 0.3) is 0 Å². The molecule has 0 radical (unpaired) electrons. The summed E-state index contributed by atoms with van der Waals surface area (Å²) in [5.41, 5.74) is 2.12. The van der Waals surface area contributed by atoms with Crippen LogP contribution in [-0.4, -0.2) is 31.2 Å². The smallest absolute Gasteiger partial charge is 0.311 e. The van der Waals surface area contributed by atoms with Crippen molar-refractivity contribution in [3.8, 4) is 5.75 Å². The first kappa shape index (κ1) is 17.5. The van der Waals surface area contributed by atoms with Gasteiger partial charge in [-0.2, -0.15) is 0 Å². The van der Waals surface area contributed by atoms with E-state index < -0.39 is 25.8 Å². The van der Waals surface area contributed by atoms with Crippen LogP contribution in [0.3, 0.4) is 0 Å². The van der Waals surface area contributed by atoms with E-state index in [4.69, 9.17) is 4.74 Å². The third kappa shape index (κ3) is 3.75. The zero-order valence-electron chi connectivity index (χ0n) is 14.3. The molecule has 2 aromatic rings. The second kappa shape index (κ2) is 6.35. The molecule has 0 aliphatic carbocycles. The van der Waals surface area contributed by atoms with Gasteiger partial charge in [-0.3, -0.25) is 4.79 Å². The van der Waals surface area contributed by atoms with Crippen LogP contribution in [0.15, 0.2) is 12.1 Å². The number of ether oxygens (including phenoxy) is 1. The van der Waals surface area contributed by atoms with E-state index in [1.807, 2.05) is 6.92 Å². The summed E-state index contributed by atoms with van der Waals surface area (Å²) in [5.74, 6) is -1.75. The summed E-state index contributed by atoms with van der Waals surface area (Å²) in [6, 6.07) is 3.88. The van der Waals surface area contributed by atoms with Crippen LogP contribution >= 0.6 is 0 Å². The van der Waals surface area contributed by atoms with Crippen molar-refractivity contribution in [2.75, 3.05) is 7.11 Å². The van der Waals surface area contributed by atoms with Gasteiger partial charge < -0.3 is 14.8 Å². The monoisotopic (exact) mass is 337 g/mol. The zero-order chi connectivity index (χ0) is 17.4. The Morgan fingerprint density at radius 2 is 2.04 bits per heavy atom. The van der Waals surface area contributed by atoms with Crippen LogP contribution < -0.4 is 4.74 Å². The van der Waals surface area contributed by atoms with Crippen LogP contribution in [0.2, 0.25) is 25.7 Å². The van der Waals surface area contributed by atoms with Gasteiger partial charge in [-0.15, -0.1) is 0 Å².